The first kappa shape index (κ1) is 14.4. The molecular formula is C12H25NO2. The molecule has 0 amide bonds. The summed E-state index contributed by atoms with van der Waals surface area (Å²) >= 11 is 0. The molecule has 0 heterocycles. The van der Waals surface area contributed by atoms with Gasteiger partial charge < -0.3 is 10.1 Å². The number of hydrogen-bond donors (Lipinski definition) is 1. The molecule has 1 atom stereocenters. The molecule has 15 heavy (non-hydrogen) atoms. The third-order valence-corrected chi connectivity index (χ3v) is 2.39. The lowest BCUT2D eigenvalue weighted by Crippen LogP contribution is -2.52. The van der Waals surface area contributed by atoms with Crippen LogP contribution in [0.5, 0.6) is 0 Å². The Kier molecular flexibility index (Phi) is 5.29. The Morgan fingerprint density at radius 3 is 2.13 bits per heavy atom. The highest BCUT2D eigenvalue weighted by Crippen LogP contribution is 2.18. The highest BCUT2D eigenvalue weighted by molar-refractivity contribution is 5.80. The van der Waals surface area contributed by atoms with Crippen molar-refractivity contribution in [2.24, 2.45) is 5.41 Å². The zero-order chi connectivity index (χ0) is 12.1. The summed E-state index contributed by atoms with van der Waals surface area (Å²) in [6, 6.07) is 0. The zero-order valence-electron chi connectivity index (χ0n) is 10.9. The fourth-order valence-corrected chi connectivity index (χ4v) is 1.45. The maximum Gasteiger partial charge on any atom is 0.325 e. The van der Waals surface area contributed by atoms with Crippen LogP contribution in [0.1, 0.15) is 47.5 Å². The number of nitrogens with one attached hydrogen (secondary N) is 1. The molecule has 0 radical (unpaired) electrons. The Morgan fingerprint density at radius 1 is 1.27 bits per heavy atom. The molecule has 0 saturated carbocycles. The van der Waals surface area contributed by atoms with Gasteiger partial charge in [0.25, 0.3) is 0 Å². The Labute approximate surface area is 93.6 Å². The molecule has 0 aliphatic rings. The Balaban J connectivity index is 4.45. The third-order valence-electron chi connectivity index (χ3n) is 2.39. The molecule has 3 nitrogen and oxygen atoms in total. The van der Waals surface area contributed by atoms with Gasteiger partial charge in [0, 0.05) is 6.54 Å². The lowest BCUT2D eigenvalue weighted by atomic mass is 9.91. The molecule has 90 valence electrons. The summed E-state index contributed by atoms with van der Waals surface area (Å²) in [6.45, 7) is 11.2. The summed E-state index contributed by atoms with van der Waals surface area (Å²) in [5, 5.41) is 3.31. The Hall–Kier alpha value is -0.570. The second kappa shape index (κ2) is 5.50. The van der Waals surface area contributed by atoms with Crippen molar-refractivity contribution in [1.82, 2.24) is 5.32 Å². The van der Waals surface area contributed by atoms with E-state index in [1.165, 1.54) is 7.11 Å². The van der Waals surface area contributed by atoms with E-state index in [9.17, 15) is 4.79 Å². The van der Waals surface area contributed by atoms with Crippen LogP contribution in [-0.4, -0.2) is 25.2 Å². The van der Waals surface area contributed by atoms with Gasteiger partial charge in [-0.2, -0.15) is 0 Å². The molecular weight excluding hydrogens is 190 g/mol. The van der Waals surface area contributed by atoms with Crippen molar-refractivity contribution in [3.05, 3.63) is 0 Å². The molecule has 0 aromatic carbocycles. The second-order valence-corrected chi connectivity index (χ2v) is 5.49. The Morgan fingerprint density at radius 2 is 1.80 bits per heavy atom. The van der Waals surface area contributed by atoms with Gasteiger partial charge in [-0.05, 0) is 18.8 Å². The van der Waals surface area contributed by atoms with E-state index in [0.717, 1.165) is 19.4 Å². The van der Waals surface area contributed by atoms with Crippen LogP contribution in [0.15, 0.2) is 0 Å². The van der Waals surface area contributed by atoms with Gasteiger partial charge in [0.2, 0.25) is 0 Å². The lowest BCUT2D eigenvalue weighted by Gasteiger charge is -2.31. The van der Waals surface area contributed by atoms with Crippen LogP contribution in [0, 0.1) is 5.41 Å². The summed E-state index contributed by atoms with van der Waals surface area (Å²) < 4.78 is 4.83. The van der Waals surface area contributed by atoms with E-state index in [1.807, 2.05) is 6.92 Å². The fourth-order valence-electron chi connectivity index (χ4n) is 1.45. The predicted octanol–water partition coefficient (Wildman–Crippen LogP) is 2.35. The first-order chi connectivity index (χ1) is 6.75. The molecule has 0 rings (SSSR count). The molecule has 0 aromatic heterocycles. The molecule has 0 aromatic rings. The maximum absolute atomic E-state index is 11.7. The van der Waals surface area contributed by atoms with Gasteiger partial charge in [-0.25, -0.2) is 0 Å². The third kappa shape index (κ3) is 5.17. The smallest absolute Gasteiger partial charge is 0.325 e. The van der Waals surface area contributed by atoms with Gasteiger partial charge in [-0.15, -0.1) is 0 Å². The van der Waals surface area contributed by atoms with Crippen LogP contribution < -0.4 is 5.32 Å². The van der Waals surface area contributed by atoms with E-state index >= 15 is 0 Å². The molecule has 0 aliphatic heterocycles. The molecule has 3 heteroatoms. The van der Waals surface area contributed by atoms with Crippen LogP contribution in [0.2, 0.25) is 0 Å². The summed E-state index contributed by atoms with van der Waals surface area (Å²) in [7, 11) is 1.44. The number of carbonyl (C=O) groups is 1. The average molecular weight is 215 g/mol. The normalized spacial score (nSPS) is 15.9. The van der Waals surface area contributed by atoms with Crippen molar-refractivity contribution in [2.45, 2.75) is 53.0 Å². The number of methoxy groups -OCH3 is 1. The highest BCUT2D eigenvalue weighted by Gasteiger charge is 2.33. The van der Waals surface area contributed by atoms with Gasteiger partial charge >= 0.3 is 5.97 Å². The number of ether oxygens (including phenoxy) is 1. The van der Waals surface area contributed by atoms with E-state index in [2.05, 4.69) is 33.0 Å². The van der Waals surface area contributed by atoms with Crippen LogP contribution in [0.25, 0.3) is 0 Å². The van der Waals surface area contributed by atoms with E-state index < -0.39 is 5.54 Å². The van der Waals surface area contributed by atoms with Crippen molar-refractivity contribution < 1.29 is 9.53 Å². The second-order valence-electron chi connectivity index (χ2n) is 5.49. The molecule has 0 spiro atoms. The van der Waals surface area contributed by atoms with Gasteiger partial charge in [-0.3, -0.25) is 4.79 Å². The van der Waals surface area contributed by atoms with E-state index in [1.54, 1.807) is 0 Å². The molecule has 0 fully saturated rings. The minimum atomic E-state index is -0.545. The minimum Gasteiger partial charge on any atom is -0.468 e. The van der Waals surface area contributed by atoms with Crippen molar-refractivity contribution in [2.75, 3.05) is 13.7 Å². The standard InChI is InChI=1S/C12H25NO2/c1-7-8-12(5,10(14)15-6)13-9-11(2,3)4/h13H,7-9H2,1-6H3. The van der Waals surface area contributed by atoms with Crippen LogP contribution in [-0.2, 0) is 9.53 Å². The number of hydrogen-bond acceptors (Lipinski definition) is 3. The van der Waals surface area contributed by atoms with E-state index in [4.69, 9.17) is 4.74 Å². The van der Waals surface area contributed by atoms with Crippen LogP contribution in [0.3, 0.4) is 0 Å². The SMILES string of the molecule is CCCC(C)(NCC(C)(C)C)C(=O)OC. The number of carbonyl (C=O) groups excluding carboxylic acids is 1. The fraction of sp³-hybridized carbons (Fsp3) is 0.917. The van der Waals surface area contributed by atoms with Gasteiger partial charge in [0.15, 0.2) is 0 Å². The lowest BCUT2D eigenvalue weighted by molar-refractivity contribution is -0.148. The van der Waals surface area contributed by atoms with E-state index in [-0.39, 0.29) is 11.4 Å². The predicted molar refractivity (Wildman–Crippen MR) is 62.8 cm³/mol. The largest absolute Gasteiger partial charge is 0.468 e. The summed E-state index contributed by atoms with van der Waals surface area (Å²) in [4.78, 5) is 11.7. The zero-order valence-corrected chi connectivity index (χ0v) is 10.9. The minimum absolute atomic E-state index is 0.170. The number of esters is 1. The summed E-state index contributed by atoms with van der Waals surface area (Å²) in [6.07, 6.45) is 1.76. The highest BCUT2D eigenvalue weighted by atomic mass is 16.5. The molecule has 1 unspecified atom stereocenters. The van der Waals surface area contributed by atoms with Crippen molar-refractivity contribution in [3.8, 4) is 0 Å². The molecule has 0 aliphatic carbocycles. The topological polar surface area (TPSA) is 38.3 Å². The van der Waals surface area contributed by atoms with Gasteiger partial charge in [0.05, 0.1) is 7.11 Å². The monoisotopic (exact) mass is 215 g/mol. The molecule has 1 N–H and O–H groups in total. The van der Waals surface area contributed by atoms with Crippen LogP contribution in [0.4, 0.5) is 0 Å². The van der Waals surface area contributed by atoms with Crippen LogP contribution >= 0.6 is 0 Å². The van der Waals surface area contributed by atoms with Crippen molar-refractivity contribution in [3.63, 3.8) is 0 Å². The quantitative estimate of drug-likeness (QED) is 0.715. The molecule has 0 bridgehead atoms. The van der Waals surface area contributed by atoms with E-state index in [0.29, 0.717) is 0 Å². The van der Waals surface area contributed by atoms with Gasteiger partial charge in [-0.1, -0.05) is 34.1 Å². The summed E-state index contributed by atoms with van der Waals surface area (Å²) in [5.41, 5.74) is -0.375. The number of rotatable bonds is 5. The molecule has 0 saturated heterocycles. The first-order valence-electron chi connectivity index (χ1n) is 5.58. The van der Waals surface area contributed by atoms with Gasteiger partial charge in [0.1, 0.15) is 5.54 Å². The Bertz CT molecular complexity index is 208. The summed E-state index contributed by atoms with van der Waals surface area (Å²) in [5.74, 6) is -0.173. The van der Waals surface area contributed by atoms with Crippen molar-refractivity contribution >= 4 is 5.97 Å². The van der Waals surface area contributed by atoms with Crippen molar-refractivity contribution in [1.29, 1.82) is 0 Å². The average Bonchev–Trinajstić information content (AvgIpc) is 2.13. The maximum atomic E-state index is 11.7. The first-order valence-corrected chi connectivity index (χ1v) is 5.58.